The maximum atomic E-state index is 13.7. The van der Waals surface area contributed by atoms with Gasteiger partial charge < -0.3 is 10.2 Å². The second kappa shape index (κ2) is 9.58. The van der Waals surface area contributed by atoms with Crippen LogP contribution in [0, 0.1) is 15.9 Å². The number of benzene rings is 2. The summed E-state index contributed by atoms with van der Waals surface area (Å²) in [5.74, 6) is -0.430. The van der Waals surface area contributed by atoms with E-state index in [0.29, 0.717) is 12.0 Å². The average molecular weight is 411 g/mol. The number of hydrogen-bond acceptors (Lipinski definition) is 5. The van der Waals surface area contributed by atoms with Crippen LogP contribution < -0.4 is 14.9 Å². The molecular weight excluding hydrogens is 387 g/mol. The van der Waals surface area contributed by atoms with Crippen LogP contribution in [0.25, 0.3) is 0 Å². The fourth-order valence-corrected chi connectivity index (χ4v) is 3.64. The molecule has 10 heteroatoms. The molecule has 0 spiro atoms. The molecule has 0 aliphatic heterocycles. The van der Waals surface area contributed by atoms with Crippen LogP contribution in [0.2, 0.25) is 0 Å². The molecular formula is C18H24FN4O4S+. The molecule has 2 aromatic carbocycles. The Morgan fingerprint density at radius 3 is 2.54 bits per heavy atom. The number of rotatable bonds is 10. The van der Waals surface area contributed by atoms with E-state index in [1.807, 2.05) is 14.1 Å². The van der Waals surface area contributed by atoms with Gasteiger partial charge in [-0.2, -0.15) is 0 Å². The van der Waals surface area contributed by atoms with Crippen LogP contribution in [-0.2, 0) is 16.6 Å². The summed E-state index contributed by atoms with van der Waals surface area (Å²) in [5, 5.41) is 14.2. The lowest BCUT2D eigenvalue weighted by atomic mass is 10.2. The Balaban J connectivity index is 2.15. The van der Waals surface area contributed by atoms with Crippen LogP contribution in [0.3, 0.4) is 0 Å². The van der Waals surface area contributed by atoms with E-state index in [-0.39, 0.29) is 23.7 Å². The Morgan fingerprint density at radius 1 is 1.18 bits per heavy atom. The fourth-order valence-electron chi connectivity index (χ4n) is 2.54. The first-order valence-electron chi connectivity index (χ1n) is 8.75. The normalized spacial score (nSPS) is 11.6. The number of quaternary nitrogens is 1. The molecule has 8 nitrogen and oxygen atoms in total. The van der Waals surface area contributed by atoms with Crippen molar-refractivity contribution >= 4 is 21.4 Å². The molecule has 0 radical (unpaired) electrons. The minimum atomic E-state index is -3.86. The van der Waals surface area contributed by atoms with Crippen molar-refractivity contribution in [3.8, 4) is 0 Å². The highest BCUT2D eigenvalue weighted by atomic mass is 32.2. The Labute approximate surface area is 163 Å². The first kappa shape index (κ1) is 21.7. The summed E-state index contributed by atoms with van der Waals surface area (Å²) >= 11 is 0. The molecule has 28 heavy (non-hydrogen) atoms. The predicted molar refractivity (Wildman–Crippen MR) is 104 cm³/mol. The molecule has 0 saturated carbocycles. The third-order valence-corrected chi connectivity index (χ3v) is 5.51. The number of anilines is 1. The highest BCUT2D eigenvalue weighted by Gasteiger charge is 2.21. The van der Waals surface area contributed by atoms with Gasteiger partial charge in [0.05, 0.1) is 30.5 Å². The monoisotopic (exact) mass is 411 g/mol. The van der Waals surface area contributed by atoms with Crippen molar-refractivity contribution < 1.29 is 22.6 Å². The maximum Gasteiger partial charge on any atom is 0.293 e. The van der Waals surface area contributed by atoms with Crippen molar-refractivity contribution in [2.45, 2.75) is 17.9 Å². The second-order valence-electron chi connectivity index (χ2n) is 6.59. The van der Waals surface area contributed by atoms with Crippen LogP contribution in [-0.4, -0.2) is 40.5 Å². The lowest BCUT2D eigenvalue weighted by Crippen LogP contribution is -3.05. The summed E-state index contributed by atoms with van der Waals surface area (Å²) in [4.78, 5) is 11.7. The van der Waals surface area contributed by atoms with Gasteiger partial charge in [0.25, 0.3) is 5.69 Å². The van der Waals surface area contributed by atoms with Crippen molar-refractivity contribution in [1.82, 2.24) is 4.72 Å². The van der Waals surface area contributed by atoms with E-state index in [1.54, 1.807) is 18.2 Å². The van der Waals surface area contributed by atoms with Crippen molar-refractivity contribution in [3.05, 3.63) is 64.0 Å². The molecule has 0 aliphatic carbocycles. The molecule has 0 heterocycles. The number of nitro groups is 1. The Morgan fingerprint density at radius 2 is 1.89 bits per heavy atom. The number of nitrogens with one attached hydrogen (secondary N) is 3. The summed E-state index contributed by atoms with van der Waals surface area (Å²) in [6.07, 6.45) is 0.645. The van der Waals surface area contributed by atoms with Crippen molar-refractivity contribution in [2.24, 2.45) is 0 Å². The molecule has 2 aromatic rings. The highest BCUT2D eigenvalue weighted by molar-refractivity contribution is 7.89. The lowest BCUT2D eigenvalue weighted by Gasteiger charge is -2.11. The summed E-state index contributed by atoms with van der Waals surface area (Å²) in [6.45, 7) is 1.07. The molecule has 0 atom stereocenters. The van der Waals surface area contributed by atoms with E-state index in [1.165, 1.54) is 23.1 Å². The summed E-state index contributed by atoms with van der Waals surface area (Å²) in [6, 6.07) is 9.68. The highest BCUT2D eigenvalue weighted by Crippen LogP contribution is 2.28. The minimum Gasteiger partial charge on any atom is -0.375 e. The van der Waals surface area contributed by atoms with Gasteiger partial charge in [-0.25, -0.2) is 17.5 Å². The third-order valence-electron chi connectivity index (χ3n) is 4.05. The molecule has 2 rings (SSSR count). The molecule has 0 amide bonds. The molecule has 0 saturated heterocycles. The zero-order valence-electron chi connectivity index (χ0n) is 15.7. The van der Waals surface area contributed by atoms with Crippen molar-refractivity contribution in [1.29, 1.82) is 0 Å². The van der Waals surface area contributed by atoms with Crippen molar-refractivity contribution in [3.63, 3.8) is 0 Å². The quantitative estimate of drug-likeness (QED) is 0.309. The number of nitrogens with zero attached hydrogens (tertiary/aromatic N) is 1. The van der Waals surface area contributed by atoms with E-state index in [0.717, 1.165) is 12.6 Å². The van der Waals surface area contributed by atoms with E-state index in [4.69, 9.17) is 0 Å². The van der Waals surface area contributed by atoms with Gasteiger partial charge in [0.1, 0.15) is 11.5 Å². The predicted octanol–water partition coefficient (Wildman–Crippen LogP) is 1.16. The number of hydrogen-bond donors (Lipinski definition) is 3. The first-order chi connectivity index (χ1) is 13.2. The fraction of sp³-hybridized carbons (Fsp3) is 0.333. The number of nitro benzene ring substituents is 1. The summed E-state index contributed by atoms with van der Waals surface area (Å²) < 4.78 is 40.9. The Bertz CT molecular complexity index is 935. The molecule has 152 valence electrons. The van der Waals surface area contributed by atoms with Gasteiger partial charge in [-0.1, -0.05) is 18.2 Å². The molecule has 3 N–H and O–H groups in total. The Kier molecular flexibility index (Phi) is 7.44. The van der Waals surface area contributed by atoms with Gasteiger partial charge in [-0.15, -0.1) is 0 Å². The van der Waals surface area contributed by atoms with Gasteiger partial charge in [0.15, 0.2) is 0 Å². The number of sulfonamides is 1. The largest absolute Gasteiger partial charge is 0.375 e. The molecule has 0 aromatic heterocycles. The van der Waals surface area contributed by atoms with Gasteiger partial charge in [0, 0.05) is 31.1 Å². The first-order valence-corrected chi connectivity index (χ1v) is 10.2. The van der Waals surface area contributed by atoms with Crippen LogP contribution >= 0.6 is 0 Å². The maximum absolute atomic E-state index is 13.7. The summed E-state index contributed by atoms with van der Waals surface area (Å²) in [5.41, 5.74) is 0.0681. The Hall–Kier alpha value is -2.56. The van der Waals surface area contributed by atoms with Crippen LogP contribution in [0.4, 0.5) is 15.8 Å². The van der Waals surface area contributed by atoms with Gasteiger partial charge in [0.2, 0.25) is 10.0 Å². The average Bonchev–Trinajstić information content (AvgIpc) is 2.64. The van der Waals surface area contributed by atoms with Gasteiger partial charge in [-0.3, -0.25) is 10.1 Å². The molecule has 0 unspecified atom stereocenters. The van der Waals surface area contributed by atoms with Crippen LogP contribution in [0.1, 0.15) is 12.0 Å². The minimum absolute atomic E-state index is 0.0325. The smallest absolute Gasteiger partial charge is 0.293 e. The molecule has 0 aliphatic rings. The van der Waals surface area contributed by atoms with Crippen molar-refractivity contribution in [2.75, 3.05) is 32.5 Å². The van der Waals surface area contributed by atoms with E-state index in [2.05, 4.69) is 10.0 Å². The third kappa shape index (κ3) is 5.98. The second-order valence-corrected chi connectivity index (χ2v) is 8.36. The summed E-state index contributed by atoms with van der Waals surface area (Å²) in [7, 11) is 0.0701. The number of halogens is 1. The van der Waals surface area contributed by atoms with Gasteiger partial charge >= 0.3 is 0 Å². The molecule has 0 bridgehead atoms. The standard InChI is InChI=1S/C18H23FN4O4S/c1-22(2)11-5-10-21-28(26,27)15-8-9-17(18(12-15)23(24)25)20-13-14-6-3-4-7-16(14)19/h3-4,6-9,12,20-21H,5,10-11,13H2,1-2H3/p+1. The zero-order valence-corrected chi connectivity index (χ0v) is 16.6. The topological polar surface area (TPSA) is 106 Å². The van der Waals surface area contributed by atoms with E-state index >= 15 is 0 Å². The lowest BCUT2D eigenvalue weighted by molar-refractivity contribution is -0.858. The van der Waals surface area contributed by atoms with Crippen LogP contribution in [0.15, 0.2) is 47.4 Å². The van der Waals surface area contributed by atoms with Crippen LogP contribution in [0.5, 0.6) is 0 Å². The zero-order chi connectivity index (χ0) is 20.7. The molecule has 0 fully saturated rings. The van der Waals surface area contributed by atoms with Gasteiger partial charge in [-0.05, 0) is 18.2 Å². The SMILES string of the molecule is C[NH+](C)CCCNS(=O)(=O)c1ccc(NCc2ccccc2F)c([N+](=O)[O-])c1. The van der Waals surface area contributed by atoms with E-state index < -0.39 is 26.5 Å². The van der Waals surface area contributed by atoms with E-state index in [9.17, 15) is 22.9 Å².